The molecule has 0 N–H and O–H groups in total. The number of ether oxygens (including phenoxy) is 1. The van der Waals surface area contributed by atoms with Gasteiger partial charge in [0.2, 0.25) is 0 Å². The van der Waals surface area contributed by atoms with Crippen molar-refractivity contribution in [1.29, 1.82) is 0 Å². The molecule has 0 saturated carbocycles. The number of allylic oxidation sites excluding steroid dienone is 1. The Hall–Kier alpha value is -0.180. The monoisotopic (exact) mass is 294 g/mol. The zero-order valence-electron chi connectivity index (χ0n) is 7.34. The number of halogens is 3. The van der Waals surface area contributed by atoms with Gasteiger partial charge in [-0.15, -0.1) is 11.6 Å². The van der Waals surface area contributed by atoms with Gasteiger partial charge in [-0.3, -0.25) is 0 Å². The quantitative estimate of drug-likeness (QED) is 0.595. The van der Waals surface area contributed by atoms with Crippen LogP contribution in [-0.4, -0.2) is 12.5 Å². The molecule has 0 radical (unpaired) electrons. The average Bonchev–Trinajstić information content (AvgIpc) is 2.18. The van der Waals surface area contributed by atoms with Crippen LogP contribution in [0.2, 0.25) is 5.02 Å². The third kappa shape index (κ3) is 3.91. The molecule has 0 unspecified atom stereocenters. The van der Waals surface area contributed by atoms with Crippen molar-refractivity contribution in [2.24, 2.45) is 0 Å². The second-order valence-electron chi connectivity index (χ2n) is 2.51. The fraction of sp³-hybridized carbons (Fsp3) is 0.200. The van der Waals surface area contributed by atoms with E-state index in [0.29, 0.717) is 23.3 Å². The van der Waals surface area contributed by atoms with E-state index in [4.69, 9.17) is 27.9 Å². The minimum atomic E-state index is 0.475. The molecule has 0 atom stereocenters. The van der Waals surface area contributed by atoms with Gasteiger partial charge in [0, 0.05) is 10.4 Å². The van der Waals surface area contributed by atoms with Crippen LogP contribution in [0.25, 0.3) is 0 Å². The zero-order chi connectivity index (χ0) is 10.4. The summed E-state index contributed by atoms with van der Waals surface area (Å²) in [5.41, 5.74) is 0. The number of alkyl halides is 1. The maximum Gasteiger partial charge on any atom is 0.139 e. The highest BCUT2D eigenvalue weighted by Gasteiger charge is 2.00. The molecule has 0 fully saturated rings. The van der Waals surface area contributed by atoms with E-state index in [1.54, 1.807) is 6.07 Å². The van der Waals surface area contributed by atoms with Crippen LogP contribution < -0.4 is 4.74 Å². The molecule has 0 saturated heterocycles. The SMILES string of the molecule is ClCC=CCOc1cc(Br)ccc1Cl. The van der Waals surface area contributed by atoms with Crippen molar-refractivity contribution in [3.63, 3.8) is 0 Å². The summed E-state index contributed by atoms with van der Waals surface area (Å²) in [5.74, 6) is 1.16. The first-order chi connectivity index (χ1) is 6.74. The van der Waals surface area contributed by atoms with E-state index in [2.05, 4.69) is 15.9 Å². The molecular weight excluding hydrogens is 287 g/mol. The summed E-state index contributed by atoms with van der Waals surface area (Å²) < 4.78 is 6.36. The van der Waals surface area contributed by atoms with E-state index in [1.807, 2.05) is 24.3 Å². The third-order valence-electron chi connectivity index (χ3n) is 1.48. The molecule has 0 bridgehead atoms. The normalized spacial score (nSPS) is 10.8. The molecule has 76 valence electrons. The van der Waals surface area contributed by atoms with E-state index < -0.39 is 0 Å². The lowest BCUT2D eigenvalue weighted by Gasteiger charge is -2.05. The summed E-state index contributed by atoms with van der Waals surface area (Å²) in [6, 6.07) is 5.48. The summed E-state index contributed by atoms with van der Waals surface area (Å²) in [6.07, 6.45) is 3.68. The average molecular weight is 296 g/mol. The molecule has 0 aliphatic carbocycles. The Kier molecular flexibility index (Phi) is 5.38. The van der Waals surface area contributed by atoms with Crippen molar-refractivity contribution in [2.75, 3.05) is 12.5 Å². The fourth-order valence-electron chi connectivity index (χ4n) is 0.857. The molecular formula is C10H9BrCl2O. The van der Waals surface area contributed by atoms with Gasteiger partial charge in [-0.2, -0.15) is 0 Å². The first-order valence-electron chi connectivity index (χ1n) is 4.03. The van der Waals surface area contributed by atoms with Gasteiger partial charge in [0.25, 0.3) is 0 Å². The second kappa shape index (κ2) is 6.33. The molecule has 0 aliphatic heterocycles. The van der Waals surface area contributed by atoms with Gasteiger partial charge in [-0.1, -0.05) is 39.7 Å². The summed E-state index contributed by atoms with van der Waals surface area (Å²) in [6.45, 7) is 0.475. The minimum Gasteiger partial charge on any atom is -0.488 e. The molecule has 0 aliphatic rings. The molecule has 0 aromatic heterocycles. The van der Waals surface area contributed by atoms with Crippen molar-refractivity contribution in [3.8, 4) is 5.75 Å². The Morgan fingerprint density at radius 2 is 2.14 bits per heavy atom. The largest absolute Gasteiger partial charge is 0.488 e. The van der Waals surface area contributed by atoms with E-state index in [0.717, 1.165) is 4.47 Å². The van der Waals surface area contributed by atoms with Crippen LogP contribution in [0.3, 0.4) is 0 Å². The lowest BCUT2D eigenvalue weighted by molar-refractivity contribution is 0.363. The Balaban J connectivity index is 2.57. The standard InChI is InChI=1S/C10H9BrCl2O/c11-8-3-4-9(13)10(7-8)14-6-2-1-5-12/h1-4,7H,5-6H2. The van der Waals surface area contributed by atoms with Crippen molar-refractivity contribution >= 4 is 39.1 Å². The van der Waals surface area contributed by atoms with Gasteiger partial charge in [0.05, 0.1) is 5.02 Å². The van der Waals surface area contributed by atoms with Crippen molar-refractivity contribution in [2.45, 2.75) is 0 Å². The lowest BCUT2D eigenvalue weighted by Crippen LogP contribution is -1.94. The molecule has 1 nitrogen and oxygen atoms in total. The van der Waals surface area contributed by atoms with Gasteiger partial charge in [0.1, 0.15) is 12.4 Å². The first-order valence-corrected chi connectivity index (χ1v) is 5.73. The second-order valence-corrected chi connectivity index (χ2v) is 4.14. The summed E-state index contributed by atoms with van der Waals surface area (Å²) in [7, 11) is 0. The topological polar surface area (TPSA) is 9.23 Å². The van der Waals surface area contributed by atoms with Crippen molar-refractivity contribution in [1.82, 2.24) is 0 Å². The molecule has 0 heterocycles. The molecule has 14 heavy (non-hydrogen) atoms. The Morgan fingerprint density at radius 1 is 1.36 bits per heavy atom. The van der Waals surface area contributed by atoms with Crippen LogP contribution in [-0.2, 0) is 0 Å². The molecule has 0 amide bonds. The van der Waals surface area contributed by atoms with E-state index >= 15 is 0 Å². The van der Waals surface area contributed by atoms with Gasteiger partial charge >= 0.3 is 0 Å². The zero-order valence-corrected chi connectivity index (χ0v) is 10.4. The minimum absolute atomic E-state index is 0.475. The van der Waals surface area contributed by atoms with Crippen LogP contribution in [0.5, 0.6) is 5.75 Å². The van der Waals surface area contributed by atoms with Gasteiger partial charge in [0.15, 0.2) is 0 Å². The number of hydrogen-bond donors (Lipinski definition) is 0. The Morgan fingerprint density at radius 3 is 2.86 bits per heavy atom. The van der Waals surface area contributed by atoms with Crippen molar-refractivity contribution < 1.29 is 4.74 Å². The Bertz CT molecular complexity index is 326. The van der Waals surface area contributed by atoms with E-state index in [9.17, 15) is 0 Å². The summed E-state index contributed by atoms with van der Waals surface area (Å²) in [5, 5.41) is 0.604. The fourth-order valence-corrected chi connectivity index (χ4v) is 1.49. The van der Waals surface area contributed by atoms with Crippen LogP contribution in [0.15, 0.2) is 34.8 Å². The van der Waals surface area contributed by atoms with Crippen LogP contribution in [0.4, 0.5) is 0 Å². The maximum atomic E-state index is 5.91. The van der Waals surface area contributed by atoms with Gasteiger partial charge in [-0.25, -0.2) is 0 Å². The molecule has 0 spiro atoms. The molecule has 1 rings (SSSR count). The highest BCUT2D eigenvalue weighted by atomic mass is 79.9. The summed E-state index contributed by atoms with van der Waals surface area (Å²) >= 11 is 14.7. The number of hydrogen-bond acceptors (Lipinski definition) is 1. The molecule has 1 aromatic carbocycles. The number of benzene rings is 1. The van der Waals surface area contributed by atoms with Crippen molar-refractivity contribution in [3.05, 3.63) is 39.8 Å². The summed E-state index contributed by atoms with van der Waals surface area (Å²) in [4.78, 5) is 0. The molecule has 4 heteroatoms. The predicted molar refractivity (Wildman–Crippen MR) is 64.5 cm³/mol. The van der Waals surface area contributed by atoms with Crippen LogP contribution in [0, 0.1) is 0 Å². The Labute approximate surface area is 102 Å². The lowest BCUT2D eigenvalue weighted by atomic mass is 10.3. The van der Waals surface area contributed by atoms with Crippen LogP contribution in [0.1, 0.15) is 0 Å². The third-order valence-corrected chi connectivity index (χ3v) is 2.47. The van der Waals surface area contributed by atoms with Gasteiger partial charge < -0.3 is 4.74 Å². The van der Waals surface area contributed by atoms with Gasteiger partial charge in [-0.05, 0) is 18.2 Å². The van der Waals surface area contributed by atoms with E-state index in [1.165, 1.54) is 0 Å². The smallest absolute Gasteiger partial charge is 0.139 e. The number of rotatable bonds is 4. The maximum absolute atomic E-state index is 5.91. The molecule has 1 aromatic rings. The van der Waals surface area contributed by atoms with Crippen LogP contribution >= 0.6 is 39.1 Å². The first kappa shape index (κ1) is 11.9. The van der Waals surface area contributed by atoms with E-state index in [-0.39, 0.29) is 0 Å². The predicted octanol–water partition coefficient (Wildman–Crippen LogP) is 4.28. The highest BCUT2D eigenvalue weighted by molar-refractivity contribution is 9.10. The highest BCUT2D eigenvalue weighted by Crippen LogP contribution is 2.27.